The van der Waals surface area contributed by atoms with E-state index in [0.29, 0.717) is 44.3 Å². The molecule has 1 saturated heterocycles. The number of piperazine rings is 1. The summed E-state index contributed by atoms with van der Waals surface area (Å²) in [5, 5.41) is 0.728. The summed E-state index contributed by atoms with van der Waals surface area (Å²) in [4.78, 5) is 42.8. The Hall–Kier alpha value is -2.42. The Morgan fingerprint density at radius 2 is 1.86 bits per heavy atom. The van der Waals surface area contributed by atoms with Gasteiger partial charge < -0.3 is 9.80 Å². The largest absolute Gasteiger partial charge is 0.339 e. The van der Waals surface area contributed by atoms with E-state index in [0.717, 1.165) is 10.9 Å². The number of nitrogens with zero attached hydrogens (tertiary/aromatic N) is 6. The lowest BCUT2D eigenvalue weighted by Crippen LogP contribution is -2.49. The van der Waals surface area contributed by atoms with Crippen LogP contribution in [-0.4, -0.2) is 62.3 Å². The van der Waals surface area contributed by atoms with Gasteiger partial charge in [0.15, 0.2) is 5.16 Å². The number of hydrogen-bond acceptors (Lipinski definition) is 7. The van der Waals surface area contributed by atoms with E-state index in [1.807, 2.05) is 25.7 Å². The molecule has 0 aromatic carbocycles. The normalized spacial score (nSPS) is 19.3. The van der Waals surface area contributed by atoms with Crippen molar-refractivity contribution in [2.24, 2.45) is 0 Å². The lowest BCUT2D eigenvalue weighted by molar-refractivity contribution is -0.132. The minimum absolute atomic E-state index is 0.0613. The van der Waals surface area contributed by atoms with Crippen molar-refractivity contribution in [1.29, 1.82) is 0 Å². The maximum Gasteiger partial charge on any atom is 0.254 e. The molecule has 0 bridgehead atoms. The van der Waals surface area contributed by atoms with Crippen molar-refractivity contribution in [1.82, 2.24) is 24.4 Å². The Kier molecular flexibility index (Phi) is 5.33. The van der Waals surface area contributed by atoms with Crippen LogP contribution in [0.3, 0.4) is 0 Å². The molecular formula is C20H26N6O2S. The van der Waals surface area contributed by atoms with Gasteiger partial charge in [0.2, 0.25) is 11.9 Å². The van der Waals surface area contributed by atoms with Crippen LogP contribution in [0.25, 0.3) is 0 Å². The number of amides is 1. The predicted octanol–water partition coefficient (Wildman–Crippen LogP) is 1.72. The number of aromatic nitrogens is 4. The first-order valence-corrected chi connectivity index (χ1v) is 10.9. The van der Waals surface area contributed by atoms with Crippen LogP contribution in [0.4, 0.5) is 5.95 Å². The molecular weight excluding hydrogens is 388 g/mol. The van der Waals surface area contributed by atoms with E-state index in [4.69, 9.17) is 0 Å². The number of rotatable bonds is 3. The summed E-state index contributed by atoms with van der Waals surface area (Å²) in [6.07, 6.45) is 3.79. The molecule has 2 aromatic rings. The van der Waals surface area contributed by atoms with Gasteiger partial charge in [-0.15, -0.1) is 0 Å². The Bertz CT molecular complexity index is 948. The Balaban J connectivity index is 1.40. The molecule has 4 heterocycles. The second-order valence-corrected chi connectivity index (χ2v) is 9.45. The van der Waals surface area contributed by atoms with Gasteiger partial charge in [0, 0.05) is 62.2 Å². The first-order chi connectivity index (χ1) is 13.8. The van der Waals surface area contributed by atoms with Crippen molar-refractivity contribution in [3.63, 3.8) is 0 Å². The second-order valence-electron chi connectivity index (χ2n) is 8.47. The monoisotopic (exact) mass is 414 g/mol. The number of thioether (sulfide) groups is 1. The summed E-state index contributed by atoms with van der Waals surface area (Å²) >= 11 is 1.56. The summed E-state index contributed by atoms with van der Waals surface area (Å²) in [7, 11) is 0. The van der Waals surface area contributed by atoms with Crippen LogP contribution in [0.15, 0.2) is 34.5 Å². The van der Waals surface area contributed by atoms with Crippen LogP contribution in [-0.2, 0) is 10.2 Å². The third kappa shape index (κ3) is 4.14. The van der Waals surface area contributed by atoms with Gasteiger partial charge >= 0.3 is 0 Å². The highest BCUT2D eigenvalue weighted by molar-refractivity contribution is 7.99. The Morgan fingerprint density at radius 3 is 2.52 bits per heavy atom. The Morgan fingerprint density at radius 1 is 1.17 bits per heavy atom. The van der Waals surface area contributed by atoms with Crippen LogP contribution in [0.5, 0.6) is 0 Å². The van der Waals surface area contributed by atoms with Crippen molar-refractivity contribution >= 4 is 23.6 Å². The average Bonchev–Trinajstić information content (AvgIpc) is 3.11. The molecule has 0 saturated carbocycles. The van der Waals surface area contributed by atoms with E-state index in [2.05, 4.69) is 19.9 Å². The van der Waals surface area contributed by atoms with Crippen molar-refractivity contribution in [3.8, 4) is 0 Å². The smallest absolute Gasteiger partial charge is 0.254 e. The number of fused-ring (bicyclic) bond motifs is 1. The maximum atomic E-state index is 12.9. The topological polar surface area (TPSA) is 84.2 Å². The van der Waals surface area contributed by atoms with Crippen molar-refractivity contribution < 1.29 is 4.79 Å². The van der Waals surface area contributed by atoms with Crippen molar-refractivity contribution in [3.05, 3.63) is 40.6 Å². The summed E-state index contributed by atoms with van der Waals surface area (Å²) < 4.78 is 1.70. The summed E-state index contributed by atoms with van der Waals surface area (Å²) in [5.41, 5.74) is 0.562. The van der Waals surface area contributed by atoms with Crippen LogP contribution < -0.4 is 10.5 Å². The third-order valence-corrected chi connectivity index (χ3v) is 6.43. The molecule has 2 aromatic heterocycles. The lowest BCUT2D eigenvalue weighted by atomic mass is 9.92. The molecule has 0 aliphatic carbocycles. The highest BCUT2D eigenvalue weighted by Gasteiger charge is 2.31. The molecule has 1 amide bonds. The van der Waals surface area contributed by atoms with E-state index >= 15 is 0 Å². The highest BCUT2D eigenvalue weighted by Crippen LogP contribution is 2.34. The van der Waals surface area contributed by atoms with Crippen molar-refractivity contribution in [2.75, 3.05) is 36.8 Å². The quantitative estimate of drug-likeness (QED) is 0.707. The van der Waals surface area contributed by atoms with Gasteiger partial charge in [-0.1, -0.05) is 32.5 Å². The number of carbonyl (C=O) groups is 1. The minimum atomic E-state index is -0.175. The molecule has 0 spiro atoms. The number of carbonyl (C=O) groups excluding carboxylic acids is 1. The molecule has 154 valence electrons. The van der Waals surface area contributed by atoms with Gasteiger partial charge in [0.05, 0.1) is 11.7 Å². The SMILES string of the molecule is CC(C)(C)c1cc(=O)n2c(n1)SCC2CC(=O)N1CCN(c2ncccn2)CC1. The summed E-state index contributed by atoms with van der Waals surface area (Å²) in [6, 6.07) is 3.28. The van der Waals surface area contributed by atoms with E-state index in [9.17, 15) is 9.59 Å². The fraction of sp³-hybridized carbons (Fsp3) is 0.550. The fourth-order valence-electron chi connectivity index (χ4n) is 3.63. The van der Waals surface area contributed by atoms with E-state index in [1.54, 1.807) is 40.9 Å². The zero-order valence-corrected chi connectivity index (χ0v) is 17.9. The zero-order valence-electron chi connectivity index (χ0n) is 17.0. The van der Waals surface area contributed by atoms with E-state index in [1.165, 1.54) is 0 Å². The van der Waals surface area contributed by atoms with Crippen molar-refractivity contribution in [2.45, 2.75) is 43.8 Å². The molecule has 1 atom stereocenters. The van der Waals surface area contributed by atoms with Gasteiger partial charge in [-0.3, -0.25) is 14.2 Å². The molecule has 2 aliphatic rings. The predicted molar refractivity (Wildman–Crippen MR) is 112 cm³/mol. The molecule has 2 aliphatic heterocycles. The fourth-order valence-corrected chi connectivity index (χ4v) is 4.78. The molecule has 4 rings (SSSR count). The van der Waals surface area contributed by atoms with E-state index in [-0.39, 0.29) is 22.9 Å². The minimum Gasteiger partial charge on any atom is -0.339 e. The van der Waals surface area contributed by atoms with Gasteiger partial charge in [-0.2, -0.15) is 0 Å². The second kappa shape index (κ2) is 7.78. The molecule has 29 heavy (non-hydrogen) atoms. The van der Waals surface area contributed by atoms with Gasteiger partial charge in [-0.05, 0) is 6.07 Å². The highest BCUT2D eigenvalue weighted by atomic mass is 32.2. The van der Waals surface area contributed by atoms with Crippen LogP contribution in [0.2, 0.25) is 0 Å². The first kappa shape index (κ1) is 19.9. The Labute approximate surface area is 174 Å². The van der Waals surface area contributed by atoms with Crippen LogP contribution in [0.1, 0.15) is 38.9 Å². The standard InChI is InChI=1S/C20H26N6O2S/c1-20(2,3)15-12-17(28)26-14(13-29-19(26)23-15)11-16(27)24-7-9-25(10-8-24)18-21-5-4-6-22-18/h4-6,12,14H,7-11,13H2,1-3H3. The lowest BCUT2D eigenvalue weighted by Gasteiger charge is -2.35. The van der Waals surface area contributed by atoms with E-state index < -0.39 is 0 Å². The molecule has 9 heteroatoms. The first-order valence-electron chi connectivity index (χ1n) is 9.89. The third-order valence-electron chi connectivity index (χ3n) is 5.34. The van der Waals surface area contributed by atoms with Gasteiger partial charge in [0.25, 0.3) is 5.56 Å². The maximum absolute atomic E-state index is 12.9. The zero-order chi connectivity index (χ0) is 20.6. The summed E-state index contributed by atoms with van der Waals surface area (Å²) in [5.74, 6) is 1.50. The number of hydrogen-bond donors (Lipinski definition) is 0. The van der Waals surface area contributed by atoms with Crippen LogP contribution >= 0.6 is 11.8 Å². The molecule has 0 N–H and O–H groups in total. The summed E-state index contributed by atoms with van der Waals surface area (Å²) in [6.45, 7) is 8.84. The molecule has 1 unspecified atom stereocenters. The molecule has 1 fully saturated rings. The van der Waals surface area contributed by atoms with Crippen LogP contribution in [0, 0.1) is 0 Å². The molecule has 8 nitrogen and oxygen atoms in total. The molecule has 0 radical (unpaired) electrons. The van der Waals surface area contributed by atoms with Gasteiger partial charge in [0.1, 0.15) is 0 Å². The number of anilines is 1. The average molecular weight is 415 g/mol. The van der Waals surface area contributed by atoms with Gasteiger partial charge in [-0.25, -0.2) is 15.0 Å².